The van der Waals surface area contributed by atoms with Crippen molar-refractivity contribution in [2.75, 3.05) is 13.7 Å². The quantitative estimate of drug-likeness (QED) is 0.556. The molecule has 0 radical (unpaired) electrons. The van der Waals surface area contributed by atoms with Gasteiger partial charge in [-0.3, -0.25) is 14.5 Å². The van der Waals surface area contributed by atoms with Crippen LogP contribution in [-0.2, 0) is 26.9 Å². The van der Waals surface area contributed by atoms with Crippen molar-refractivity contribution in [1.82, 2.24) is 29.5 Å². The number of aryl methyl sites for hydroxylation is 5. The Balaban J connectivity index is 1.37. The fraction of sp³-hybridized carbons (Fsp3) is 0.476. The molecule has 3 aromatic heterocycles. The number of aromatic nitrogens is 6. The number of nitrogens with zero attached hydrogens (tertiary/aromatic N) is 6. The van der Waals surface area contributed by atoms with Crippen molar-refractivity contribution in [3.63, 3.8) is 0 Å². The van der Waals surface area contributed by atoms with E-state index >= 15 is 0 Å². The Morgan fingerprint density at radius 1 is 1.17 bits per heavy atom. The summed E-state index contributed by atoms with van der Waals surface area (Å²) in [5, 5.41) is 8.50. The minimum Gasteiger partial charge on any atom is -0.495 e. The third-order valence-corrected chi connectivity index (χ3v) is 5.43. The van der Waals surface area contributed by atoms with E-state index < -0.39 is 0 Å². The number of ether oxygens (including phenoxy) is 2. The van der Waals surface area contributed by atoms with Gasteiger partial charge in [0.05, 0.1) is 19.9 Å². The molecule has 1 aliphatic rings. The van der Waals surface area contributed by atoms with Crippen molar-refractivity contribution >= 4 is 0 Å². The van der Waals surface area contributed by atoms with Crippen LogP contribution in [0.2, 0.25) is 0 Å². The molecular formula is C21H26N6O3. The normalized spacial score (nSPS) is 17.7. The Bertz CT molecular complexity index is 1090. The molecule has 158 valence electrons. The van der Waals surface area contributed by atoms with Crippen LogP contribution in [0.4, 0.5) is 0 Å². The molecule has 0 bridgehead atoms. The average molecular weight is 410 g/mol. The second-order valence-electron chi connectivity index (χ2n) is 7.67. The summed E-state index contributed by atoms with van der Waals surface area (Å²) in [6, 6.07) is 5.67. The Kier molecular flexibility index (Phi) is 5.52. The smallest absolute Gasteiger partial charge is 0.269 e. The predicted octanol–water partition coefficient (Wildman–Crippen LogP) is 1.59. The highest BCUT2D eigenvalue weighted by atomic mass is 16.5. The highest BCUT2D eigenvalue weighted by Crippen LogP contribution is 2.46. The van der Waals surface area contributed by atoms with E-state index in [1.54, 1.807) is 31.1 Å². The first-order valence-corrected chi connectivity index (χ1v) is 10.0. The van der Waals surface area contributed by atoms with Crippen molar-refractivity contribution in [3.05, 3.63) is 57.7 Å². The number of pyridine rings is 1. The average Bonchev–Trinajstić information content (AvgIpc) is 3.44. The fourth-order valence-corrected chi connectivity index (χ4v) is 3.63. The summed E-state index contributed by atoms with van der Waals surface area (Å²) in [6.45, 7) is 2.40. The van der Waals surface area contributed by atoms with Gasteiger partial charge in [-0.1, -0.05) is 0 Å². The van der Waals surface area contributed by atoms with Gasteiger partial charge in [0.25, 0.3) is 5.56 Å². The van der Waals surface area contributed by atoms with E-state index in [-0.39, 0.29) is 5.56 Å². The first-order valence-electron chi connectivity index (χ1n) is 10.0. The lowest BCUT2D eigenvalue weighted by atomic mass is 10.1. The third-order valence-electron chi connectivity index (χ3n) is 5.43. The molecule has 4 rings (SSSR count). The van der Waals surface area contributed by atoms with Gasteiger partial charge in [-0.2, -0.15) is 5.10 Å². The lowest BCUT2D eigenvalue weighted by Gasteiger charge is -2.09. The third kappa shape index (κ3) is 4.34. The molecule has 0 aliphatic heterocycles. The molecule has 0 N–H and O–H groups in total. The van der Waals surface area contributed by atoms with Gasteiger partial charge in [0.15, 0.2) is 0 Å². The van der Waals surface area contributed by atoms with Crippen molar-refractivity contribution < 1.29 is 9.47 Å². The lowest BCUT2D eigenvalue weighted by Crippen LogP contribution is -2.24. The van der Waals surface area contributed by atoms with Crippen molar-refractivity contribution in [3.8, 4) is 11.6 Å². The molecule has 3 heterocycles. The van der Waals surface area contributed by atoms with Gasteiger partial charge in [-0.05, 0) is 31.9 Å². The topological polar surface area (TPSA) is 97.0 Å². The molecule has 9 nitrogen and oxygen atoms in total. The van der Waals surface area contributed by atoms with Crippen LogP contribution in [-0.4, -0.2) is 43.2 Å². The lowest BCUT2D eigenvalue weighted by molar-refractivity contribution is 0.277. The van der Waals surface area contributed by atoms with Crippen molar-refractivity contribution in [2.24, 2.45) is 20.0 Å². The van der Waals surface area contributed by atoms with E-state index in [2.05, 4.69) is 20.2 Å². The van der Waals surface area contributed by atoms with Gasteiger partial charge >= 0.3 is 0 Å². The van der Waals surface area contributed by atoms with E-state index in [9.17, 15) is 4.79 Å². The standard InChI is InChI=1S/C21H26N6O3/c1-13-23-19(26(2)24-13)8-5-14-10-20(25-27(3)21(14)28)30-12-15-9-17(15)18-7-6-16(29-4)11-22-18/h6-7,10-11,15,17H,5,8-9,12H2,1-4H3/t15-,17+/m1/s1. The van der Waals surface area contributed by atoms with Gasteiger partial charge in [0.2, 0.25) is 5.88 Å². The van der Waals surface area contributed by atoms with E-state index in [0.29, 0.717) is 42.7 Å². The van der Waals surface area contributed by atoms with Gasteiger partial charge < -0.3 is 9.47 Å². The first-order chi connectivity index (χ1) is 14.4. The number of rotatable bonds is 8. The van der Waals surface area contributed by atoms with Gasteiger partial charge in [-0.25, -0.2) is 9.67 Å². The maximum absolute atomic E-state index is 12.5. The van der Waals surface area contributed by atoms with Crippen LogP contribution >= 0.6 is 0 Å². The van der Waals surface area contributed by atoms with Crippen LogP contribution in [0.15, 0.2) is 29.2 Å². The summed E-state index contributed by atoms with van der Waals surface area (Å²) >= 11 is 0. The summed E-state index contributed by atoms with van der Waals surface area (Å²) < 4.78 is 14.2. The SMILES string of the molecule is COc1ccc([C@H]2C[C@@H]2COc2cc(CCc3nc(C)nn3C)c(=O)n(C)n2)nc1. The Labute approximate surface area is 174 Å². The minimum atomic E-state index is -0.118. The molecule has 2 atom stereocenters. The largest absolute Gasteiger partial charge is 0.495 e. The summed E-state index contributed by atoms with van der Waals surface area (Å²) in [4.78, 5) is 21.3. The molecule has 0 amide bonds. The number of hydrogen-bond acceptors (Lipinski definition) is 7. The van der Waals surface area contributed by atoms with Crippen LogP contribution in [0.3, 0.4) is 0 Å². The van der Waals surface area contributed by atoms with Crippen molar-refractivity contribution in [2.45, 2.75) is 32.1 Å². The zero-order chi connectivity index (χ0) is 21.3. The molecule has 1 fully saturated rings. The molecule has 0 spiro atoms. The van der Waals surface area contributed by atoms with Crippen LogP contribution in [0.25, 0.3) is 0 Å². The summed E-state index contributed by atoms with van der Waals surface area (Å²) in [6.07, 6.45) is 3.96. The predicted molar refractivity (Wildman–Crippen MR) is 110 cm³/mol. The highest BCUT2D eigenvalue weighted by Gasteiger charge is 2.40. The van der Waals surface area contributed by atoms with Crippen LogP contribution < -0.4 is 15.0 Å². The van der Waals surface area contributed by atoms with Crippen molar-refractivity contribution in [1.29, 1.82) is 0 Å². The Hall–Kier alpha value is -3.23. The second kappa shape index (κ2) is 8.25. The summed E-state index contributed by atoms with van der Waals surface area (Å²) in [5.74, 6) is 3.59. The highest BCUT2D eigenvalue weighted by molar-refractivity contribution is 5.25. The Morgan fingerprint density at radius 2 is 2.00 bits per heavy atom. The van der Waals surface area contributed by atoms with Crippen LogP contribution in [0, 0.1) is 12.8 Å². The van der Waals surface area contributed by atoms with E-state index in [1.807, 2.05) is 26.1 Å². The zero-order valence-electron chi connectivity index (χ0n) is 17.7. The molecule has 30 heavy (non-hydrogen) atoms. The number of methoxy groups -OCH3 is 1. The van der Waals surface area contributed by atoms with Gasteiger partial charge in [-0.15, -0.1) is 5.10 Å². The monoisotopic (exact) mass is 410 g/mol. The molecule has 1 saturated carbocycles. The summed E-state index contributed by atoms with van der Waals surface area (Å²) in [7, 11) is 5.14. The zero-order valence-corrected chi connectivity index (χ0v) is 17.7. The van der Waals surface area contributed by atoms with E-state index in [1.165, 1.54) is 4.68 Å². The molecule has 3 aromatic rings. The number of hydrogen-bond donors (Lipinski definition) is 0. The Morgan fingerprint density at radius 3 is 2.67 bits per heavy atom. The minimum absolute atomic E-state index is 0.118. The first kappa shape index (κ1) is 20.1. The molecule has 0 saturated heterocycles. The van der Waals surface area contributed by atoms with Gasteiger partial charge in [0, 0.05) is 49.7 Å². The van der Waals surface area contributed by atoms with E-state index in [0.717, 1.165) is 29.5 Å². The summed E-state index contributed by atoms with van der Waals surface area (Å²) in [5.41, 5.74) is 1.60. The molecular weight excluding hydrogens is 384 g/mol. The molecule has 0 unspecified atom stereocenters. The molecule has 1 aliphatic carbocycles. The maximum Gasteiger partial charge on any atom is 0.269 e. The fourth-order valence-electron chi connectivity index (χ4n) is 3.63. The van der Waals surface area contributed by atoms with E-state index in [4.69, 9.17) is 9.47 Å². The second-order valence-corrected chi connectivity index (χ2v) is 7.67. The molecule has 0 aromatic carbocycles. The van der Waals surface area contributed by atoms with Crippen LogP contribution in [0.1, 0.15) is 35.2 Å². The maximum atomic E-state index is 12.5. The molecule has 9 heteroatoms. The van der Waals surface area contributed by atoms with Crippen LogP contribution in [0.5, 0.6) is 11.6 Å². The van der Waals surface area contributed by atoms with Gasteiger partial charge in [0.1, 0.15) is 17.4 Å².